The molecule has 0 saturated carbocycles. The summed E-state index contributed by atoms with van der Waals surface area (Å²) >= 11 is 6.57. The van der Waals surface area contributed by atoms with E-state index in [0.717, 1.165) is 25.2 Å². The van der Waals surface area contributed by atoms with Crippen LogP contribution in [0.3, 0.4) is 0 Å². The molecule has 2 heterocycles. The number of carbonyl (C=O) groups excluding carboxylic acids is 1. The van der Waals surface area contributed by atoms with Gasteiger partial charge in [0.2, 0.25) is 0 Å². The second-order valence-corrected chi connectivity index (χ2v) is 8.04. The van der Waals surface area contributed by atoms with E-state index in [1.807, 2.05) is 32.9 Å². The first kappa shape index (κ1) is 18.5. The smallest absolute Gasteiger partial charge is 0.410 e. The van der Waals surface area contributed by atoms with E-state index in [4.69, 9.17) is 25.8 Å². The van der Waals surface area contributed by atoms with Crippen LogP contribution in [-0.4, -0.2) is 49.6 Å². The van der Waals surface area contributed by atoms with E-state index in [2.05, 4.69) is 6.07 Å². The van der Waals surface area contributed by atoms with Crippen LogP contribution in [0.15, 0.2) is 18.2 Å². The molecule has 1 aromatic rings. The van der Waals surface area contributed by atoms with Gasteiger partial charge in [0.25, 0.3) is 0 Å². The standard InChI is InChI=1S/C19H26ClNO4/c1-19(2,3)25-18(22)21-7-4-8-23-12-17(21)15-6-5-13(9-16(15)20)14-10-24-11-14/h5-6,9,14,17H,4,7-8,10-12H2,1-3H3/t17-/m0/s1. The molecule has 0 radical (unpaired) electrons. The lowest BCUT2D eigenvalue weighted by atomic mass is 9.95. The topological polar surface area (TPSA) is 48.0 Å². The Labute approximate surface area is 154 Å². The molecule has 0 aliphatic carbocycles. The summed E-state index contributed by atoms with van der Waals surface area (Å²) in [4.78, 5) is 14.4. The van der Waals surface area contributed by atoms with E-state index in [1.165, 1.54) is 5.56 Å². The third-order valence-electron chi connectivity index (χ3n) is 4.46. The fraction of sp³-hybridized carbons (Fsp3) is 0.632. The predicted octanol–water partition coefficient (Wildman–Crippen LogP) is 4.15. The van der Waals surface area contributed by atoms with Gasteiger partial charge in [-0.05, 0) is 44.4 Å². The van der Waals surface area contributed by atoms with Crippen LogP contribution in [0.25, 0.3) is 0 Å². The van der Waals surface area contributed by atoms with E-state index >= 15 is 0 Å². The fourth-order valence-electron chi connectivity index (χ4n) is 3.07. The summed E-state index contributed by atoms with van der Waals surface area (Å²) in [6.07, 6.45) is 0.459. The van der Waals surface area contributed by atoms with Crippen molar-refractivity contribution in [1.29, 1.82) is 0 Å². The van der Waals surface area contributed by atoms with Gasteiger partial charge >= 0.3 is 6.09 Å². The Hall–Kier alpha value is -1.30. The van der Waals surface area contributed by atoms with Crippen molar-refractivity contribution in [2.24, 2.45) is 0 Å². The summed E-state index contributed by atoms with van der Waals surface area (Å²) in [6.45, 7) is 8.74. The maximum absolute atomic E-state index is 12.7. The molecule has 2 aliphatic rings. The second kappa shape index (κ2) is 7.52. The number of halogens is 1. The first-order valence-corrected chi connectivity index (χ1v) is 9.17. The number of benzene rings is 1. The lowest BCUT2D eigenvalue weighted by Gasteiger charge is -2.33. The zero-order valence-corrected chi connectivity index (χ0v) is 15.8. The molecular formula is C19H26ClNO4. The lowest BCUT2D eigenvalue weighted by molar-refractivity contribution is 0.00833. The van der Waals surface area contributed by atoms with Crippen molar-refractivity contribution in [3.8, 4) is 0 Å². The van der Waals surface area contributed by atoms with E-state index in [0.29, 0.717) is 30.7 Å². The van der Waals surface area contributed by atoms with Gasteiger partial charge < -0.3 is 14.2 Å². The van der Waals surface area contributed by atoms with Crippen molar-refractivity contribution in [3.63, 3.8) is 0 Å². The first-order chi connectivity index (χ1) is 11.8. The van der Waals surface area contributed by atoms with Crippen molar-refractivity contribution in [3.05, 3.63) is 34.3 Å². The molecule has 5 nitrogen and oxygen atoms in total. The van der Waals surface area contributed by atoms with Crippen LogP contribution < -0.4 is 0 Å². The molecule has 1 amide bonds. The minimum Gasteiger partial charge on any atom is -0.444 e. The number of rotatable bonds is 2. The molecule has 25 heavy (non-hydrogen) atoms. The molecule has 1 aromatic carbocycles. The van der Waals surface area contributed by atoms with Crippen LogP contribution in [0.5, 0.6) is 0 Å². The zero-order valence-electron chi connectivity index (χ0n) is 15.1. The molecule has 0 bridgehead atoms. The van der Waals surface area contributed by atoms with Gasteiger partial charge in [-0.2, -0.15) is 0 Å². The molecule has 1 atom stereocenters. The highest BCUT2D eigenvalue weighted by molar-refractivity contribution is 6.31. The summed E-state index contributed by atoms with van der Waals surface area (Å²) in [5.74, 6) is 0.416. The quantitative estimate of drug-likeness (QED) is 0.787. The highest BCUT2D eigenvalue weighted by Crippen LogP contribution is 2.34. The van der Waals surface area contributed by atoms with Gasteiger partial charge in [-0.3, -0.25) is 4.90 Å². The normalized spacial score (nSPS) is 22.2. The molecule has 2 saturated heterocycles. The number of nitrogens with zero attached hydrogens (tertiary/aromatic N) is 1. The van der Waals surface area contributed by atoms with Crippen LogP contribution in [0.4, 0.5) is 4.79 Å². The molecule has 3 rings (SSSR count). The molecule has 6 heteroatoms. The highest BCUT2D eigenvalue weighted by atomic mass is 35.5. The van der Waals surface area contributed by atoms with Gasteiger partial charge in [0.1, 0.15) is 5.60 Å². The van der Waals surface area contributed by atoms with Crippen molar-refractivity contribution < 1.29 is 19.0 Å². The zero-order chi connectivity index (χ0) is 18.0. The van der Waals surface area contributed by atoms with Crippen molar-refractivity contribution >= 4 is 17.7 Å². The molecule has 0 N–H and O–H groups in total. The van der Waals surface area contributed by atoms with Crippen LogP contribution in [0.1, 0.15) is 50.3 Å². The Morgan fingerprint density at radius 1 is 1.24 bits per heavy atom. The monoisotopic (exact) mass is 367 g/mol. The summed E-state index contributed by atoms with van der Waals surface area (Å²) in [5.41, 5.74) is 1.55. The average Bonchev–Trinajstić information content (AvgIpc) is 2.69. The predicted molar refractivity (Wildman–Crippen MR) is 96.1 cm³/mol. The van der Waals surface area contributed by atoms with Crippen molar-refractivity contribution in [1.82, 2.24) is 4.90 Å². The van der Waals surface area contributed by atoms with Gasteiger partial charge in [-0.15, -0.1) is 0 Å². The van der Waals surface area contributed by atoms with Crippen LogP contribution in [0, 0.1) is 0 Å². The third-order valence-corrected chi connectivity index (χ3v) is 4.79. The fourth-order valence-corrected chi connectivity index (χ4v) is 3.39. The Kier molecular flexibility index (Phi) is 5.56. The number of hydrogen-bond acceptors (Lipinski definition) is 4. The molecule has 2 aliphatic heterocycles. The number of carbonyl (C=O) groups is 1. The summed E-state index contributed by atoms with van der Waals surface area (Å²) in [6, 6.07) is 5.83. The Balaban J connectivity index is 1.84. The van der Waals surface area contributed by atoms with E-state index in [-0.39, 0.29) is 12.1 Å². The molecule has 0 spiro atoms. The number of hydrogen-bond donors (Lipinski definition) is 0. The van der Waals surface area contributed by atoms with E-state index in [9.17, 15) is 4.79 Å². The highest BCUT2D eigenvalue weighted by Gasteiger charge is 2.32. The maximum Gasteiger partial charge on any atom is 0.410 e. The van der Waals surface area contributed by atoms with Gasteiger partial charge in [-0.25, -0.2) is 4.79 Å². The van der Waals surface area contributed by atoms with Gasteiger partial charge in [-0.1, -0.05) is 23.7 Å². The molecule has 2 fully saturated rings. The molecule has 0 unspecified atom stereocenters. The van der Waals surface area contributed by atoms with Crippen molar-refractivity contribution in [2.75, 3.05) is 33.0 Å². The van der Waals surface area contributed by atoms with Crippen LogP contribution in [0.2, 0.25) is 5.02 Å². The average molecular weight is 368 g/mol. The minimum atomic E-state index is -0.535. The van der Waals surface area contributed by atoms with Crippen LogP contribution in [-0.2, 0) is 14.2 Å². The Bertz CT molecular complexity index is 624. The molecular weight excluding hydrogens is 342 g/mol. The van der Waals surface area contributed by atoms with Gasteiger partial charge in [0, 0.05) is 24.1 Å². The summed E-state index contributed by atoms with van der Waals surface area (Å²) in [7, 11) is 0. The number of ether oxygens (including phenoxy) is 3. The molecule has 0 aromatic heterocycles. The van der Waals surface area contributed by atoms with E-state index in [1.54, 1.807) is 4.90 Å². The van der Waals surface area contributed by atoms with Crippen molar-refractivity contribution in [2.45, 2.75) is 44.8 Å². The van der Waals surface area contributed by atoms with Gasteiger partial charge in [0.15, 0.2) is 0 Å². The minimum absolute atomic E-state index is 0.239. The lowest BCUT2D eigenvalue weighted by Crippen LogP contribution is -2.40. The SMILES string of the molecule is CC(C)(C)OC(=O)N1CCCOC[C@H]1c1ccc(C2COC2)cc1Cl. The Morgan fingerprint density at radius 2 is 2.00 bits per heavy atom. The van der Waals surface area contributed by atoms with E-state index < -0.39 is 5.60 Å². The Morgan fingerprint density at radius 3 is 2.60 bits per heavy atom. The molecule has 138 valence electrons. The second-order valence-electron chi connectivity index (χ2n) is 7.63. The summed E-state index contributed by atoms with van der Waals surface area (Å²) < 4.78 is 16.5. The van der Waals surface area contributed by atoms with Gasteiger partial charge in [0.05, 0.1) is 25.9 Å². The maximum atomic E-state index is 12.7. The van der Waals surface area contributed by atoms with Crippen LogP contribution >= 0.6 is 11.6 Å². The third kappa shape index (κ3) is 4.46. The largest absolute Gasteiger partial charge is 0.444 e. The summed E-state index contributed by atoms with van der Waals surface area (Å²) in [5, 5.41) is 0.661. The number of amides is 1. The first-order valence-electron chi connectivity index (χ1n) is 8.79.